The number of alkyl halides is 2. The number of rotatable bonds is 6. The lowest BCUT2D eigenvalue weighted by Crippen LogP contribution is -2.48. The van der Waals surface area contributed by atoms with Gasteiger partial charge in [-0.05, 0) is 25.5 Å². The number of thioether (sulfide) groups is 1. The van der Waals surface area contributed by atoms with Crippen molar-refractivity contribution in [2.24, 2.45) is 5.73 Å². The Morgan fingerprint density at radius 1 is 1.47 bits per heavy atom. The first-order valence-electron chi connectivity index (χ1n) is 6.01. The Hall–Kier alpha value is -1.14. The summed E-state index contributed by atoms with van der Waals surface area (Å²) in [5.41, 5.74) is 5.27. The molecule has 0 spiro atoms. The molecule has 0 aliphatic rings. The van der Waals surface area contributed by atoms with Gasteiger partial charge in [-0.3, -0.25) is 4.79 Å². The number of halogens is 2. The molecule has 1 atom stereocenters. The molecule has 0 bridgehead atoms. The Labute approximate surface area is 115 Å². The summed E-state index contributed by atoms with van der Waals surface area (Å²) < 4.78 is 24.8. The summed E-state index contributed by atoms with van der Waals surface area (Å²) in [6, 6.07) is 6.46. The maximum Gasteiger partial charge on any atom is 0.288 e. The molecule has 1 amide bonds. The predicted octanol–water partition coefficient (Wildman–Crippen LogP) is 3.46. The predicted molar refractivity (Wildman–Crippen MR) is 74.4 cm³/mol. The van der Waals surface area contributed by atoms with Gasteiger partial charge in [0, 0.05) is 4.90 Å². The van der Waals surface area contributed by atoms with E-state index in [0.29, 0.717) is 28.8 Å². The van der Waals surface area contributed by atoms with E-state index in [1.807, 2.05) is 6.92 Å². The highest BCUT2D eigenvalue weighted by molar-refractivity contribution is 7.99. The van der Waals surface area contributed by atoms with Crippen molar-refractivity contribution >= 4 is 23.4 Å². The van der Waals surface area contributed by atoms with Gasteiger partial charge in [0.1, 0.15) is 0 Å². The smallest absolute Gasteiger partial charge is 0.288 e. The number of amides is 1. The largest absolute Gasteiger partial charge is 0.323 e. The fraction of sp³-hybridized carbons (Fsp3) is 0.462. The van der Waals surface area contributed by atoms with E-state index in [-0.39, 0.29) is 5.91 Å². The number of nitrogens with two attached hydrogens (primary N) is 1. The normalized spacial score (nSPS) is 14.2. The summed E-state index contributed by atoms with van der Waals surface area (Å²) in [6.07, 6.45) is 1.30. The van der Waals surface area contributed by atoms with Crippen molar-refractivity contribution in [1.29, 1.82) is 0 Å². The van der Waals surface area contributed by atoms with E-state index in [1.54, 1.807) is 31.2 Å². The molecule has 3 nitrogen and oxygen atoms in total. The first-order valence-corrected chi connectivity index (χ1v) is 6.89. The van der Waals surface area contributed by atoms with Gasteiger partial charge >= 0.3 is 0 Å². The summed E-state index contributed by atoms with van der Waals surface area (Å²) in [6.45, 7) is 3.56. The van der Waals surface area contributed by atoms with Crippen LogP contribution in [0.2, 0.25) is 0 Å². The van der Waals surface area contributed by atoms with Gasteiger partial charge in [-0.15, -0.1) is 0 Å². The van der Waals surface area contributed by atoms with E-state index in [0.717, 1.165) is 6.42 Å². The third-order valence-electron chi connectivity index (χ3n) is 2.64. The summed E-state index contributed by atoms with van der Waals surface area (Å²) in [4.78, 5) is 12.4. The van der Waals surface area contributed by atoms with Crippen molar-refractivity contribution in [3.05, 3.63) is 24.3 Å². The molecule has 1 aromatic carbocycles. The van der Waals surface area contributed by atoms with Crippen LogP contribution < -0.4 is 11.1 Å². The van der Waals surface area contributed by atoms with E-state index in [1.165, 1.54) is 0 Å². The molecule has 0 radical (unpaired) electrons. The Morgan fingerprint density at radius 2 is 2.11 bits per heavy atom. The fourth-order valence-corrected chi connectivity index (χ4v) is 2.26. The number of benzene rings is 1. The van der Waals surface area contributed by atoms with Crippen molar-refractivity contribution in [2.45, 2.75) is 42.9 Å². The van der Waals surface area contributed by atoms with E-state index < -0.39 is 11.3 Å². The van der Waals surface area contributed by atoms with Crippen molar-refractivity contribution in [3.63, 3.8) is 0 Å². The van der Waals surface area contributed by atoms with Crippen LogP contribution in [0.15, 0.2) is 29.2 Å². The van der Waals surface area contributed by atoms with Gasteiger partial charge in [0.05, 0.1) is 11.2 Å². The number of hydrogen-bond donors (Lipinski definition) is 2. The van der Waals surface area contributed by atoms with Crippen molar-refractivity contribution in [1.82, 2.24) is 0 Å². The molecule has 106 valence electrons. The zero-order valence-electron chi connectivity index (χ0n) is 11.0. The number of para-hydroxylation sites is 1. The molecule has 0 aliphatic carbocycles. The Morgan fingerprint density at radius 3 is 2.68 bits per heavy atom. The molecular formula is C13H18F2N2OS. The van der Waals surface area contributed by atoms with Gasteiger partial charge in [-0.2, -0.15) is 8.78 Å². The monoisotopic (exact) mass is 288 g/mol. The number of nitrogens with one attached hydrogen (secondary N) is 1. The second-order valence-electron chi connectivity index (χ2n) is 4.50. The Kier molecular flexibility index (Phi) is 5.75. The molecule has 0 aromatic heterocycles. The minimum absolute atomic E-state index is 0.332. The summed E-state index contributed by atoms with van der Waals surface area (Å²) in [7, 11) is 0. The van der Waals surface area contributed by atoms with Crippen LogP contribution in [0.1, 0.15) is 26.7 Å². The molecule has 0 aliphatic heterocycles. The lowest BCUT2D eigenvalue weighted by atomic mass is 9.96. The van der Waals surface area contributed by atoms with Crippen LogP contribution in [0.5, 0.6) is 0 Å². The van der Waals surface area contributed by atoms with Gasteiger partial charge in [-0.25, -0.2) is 0 Å². The Balaban J connectivity index is 2.84. The lowest BCUT2D eigenvalue weighted by molar-refractivity contribution is -0.120. The van der Waals surface area contributed by atoms with E-state index in [9.17, 15) is 13.6 Å². The average Bonchev–Trinajstić information content (AvgIpc) is 2.30. The van der Waals surface area contributed by atoms with Crippen LogP contribution in [0.25, 0.3) is 0 Å². The molecule has 1 unspecified atom stereocenters. The van der Waals surface area contributed by atoms with Gasteiger partial charge in [0.2, 0.25) is 5.91 Å². The standard InChI is InChI=1S/C13H18F2N2OS/c1-3-8-13(2,16)11(18)17-9-6-4-5-7-10(9)19-12(14)15/h4-7,12H,3,8,16H2,1-2H3,(H,17,18). The zero-order valence-corrected chi connectivity index (χ0v) is 11.8. The highest BCUT2D eigenvalue weighted by Gasteiger charge is 2.27. The molecule has 1 rings (SSSR count). The molecule has 1 aromatic rings. The quantitative estimate of drug-likeness (QED) is 0.788. The summed E-state index contributed by atoms with van der Waals surface area (Å²) in [5, 5.41) is 2.62. The van der Waals surface area contributed by atoms with Crippen molar-refractivity contribution < 1.29 is 13.6 Å². The van der Waals surface area contributed by atoms with Crippen LogP contribution in [0.4, 0.5) is 14.5 Å². The van der Waals surface area contributed by atoms with E-state index in [2.05, 4.69) is 5.32 Å². The molecule has 0 saturated heterocycles. The Bertz CT molecular complexity index is 438. The summed E-state index contributed by atoms with van der Waals surface area (Å²) >= 11 is 0.402. The third-order valence-corrected chi connectivity index (χ3v) is 3.43. The number of carbonyl (C=O) groups is 1. The molecule has 6 heteroatoms. The third kappa shape index (κ3) is 4.80. The molecule has 0 heterocycles. The second kappa shape index (κ2) is 6.86. The van der Waals surface area contributed by atoms with Crippen molar-refractivity contribution in [3.8, 4) is 0 Å². The second-order valence-corrected chi connectivity index (χ2v) is 5.53. The number of carbonyl (C=O) groups excluding carboxylic acids is 1. The van der Waals surface area contributed by atoms with Crippen LogP contribution in [0.3, 0.4) is 0 Å². The highest BCUT2D eigenvalue weighted by atomic mass is 32.2. The SMILES string of the molecule is CCCC(C)(N)C(=O)Nc1ccccc1SC(F)F. The molecule has 0 fully saturated rings. The zero-order chi connectivity index (χ0) is 14.5. The summed E-state index contributed by atoms with van der Waals surface area (Å²) in [5.74, 6) is -2.89. The fourth-order valence-electron chi connectivity index (χ4n) is 1.67. The minimum atomic E-state index is -2.53. The minimum Gasteiger partial charge on any atom is -0.323 e. The van der Waals surface area contributed by atoms with Crippen LogP contribution >= 0.6 is 11.8 Å². The number of hydrogen-bond acceptors (Lipinski definition) is 3. The topological polar surface area (TPSA) is 55.1 Å². The van der Waals surface area contributed by atoms with E-state index >= 15 is 0 Å². The van der Waals surface area contributed by atoms with Gasteiger partial charge < -0.3 is 11.1 Å². The van der Waals surface area contributed by atoms with Gasteiger partial charge in [-0.1, -0.05) is 37.2 Å². The van der Waals surface area contributed by atoms with Crippen LogP contribution in [0, 0.1) is 0 Å². The van der Waals surface area contributed by atoms with Crippen LogP contribution in [-0.4, -0.2) is 17.2 Å². The average molecular weight is 288 g/mol. The molecule has 0 saturated carbocycles. The maximum absolute atomic E-state index is 12.4. The van der Waals surface area contributed by atoms with Crippen molar-refractivity contribution in [2.75, 3.05) is 5.32 Å². The van der Waals surface area contributed by atoms with E-state index in [4.69, 9.17) is 5.73 Å². The first kappa shape index (κ1) is 15.9. The molecular weight excluding hydrogens is 270 g/mol. The van der Waals surface area contributed by atoms with Gasteiger partial charge in [0.25, 0.3) is 5.76 Å². The molecule has 3 N–H and O–H groups in total. The lowest BCUT2D eigenvalue weighted by Gasteiger charge is -2.23. The highest BCUT2D eigenvalue weighted by Crippen LogP contribution is 2.32. The maximum atomic E-state index is 12.4. The molecule has 19 heavy (non-hydrogen) atoms. The first-order chi connectivity index (χ1) is 8.86. The van der Waals surface area contributed by atoms with Crippen LogP contribution in [-0.2, 0) is 4.79 Å². The number of anilines is 1. The van der Waals surface area contributed by atoms with Gasteiger partial charge in [0.15, 0.2) is 0 Å².